The molecule has 5 rings (SSSR count). The summed E-state index contributed by atoms with van der Waals surface area (Å²) in [6, 6.07) is 0. The third-order valence-corrected chi connectivity index (χ3v) is 5.81. The molecule has 0 N–H and O–H groups in total. The van der Waals surface area contributed by atoms with Crippen molar-refractivity contribution in [1.29, 1.82) is 0 Å². The van der Waals surface area contributed by atoms with Crippen LogP contribution >= 0.6 is 11.6 Å². The molecule has 0 spiro atoms. The van der Waals surface area contributed by atoms with Crippen LogP contribution in [0.15, 0.2) is 10.8 Å². The molecule has 1 aromatic rings. The number of hydrogen-bond donors (Lipinski definition) is 0. The molecule has 4 aliphatic carbocycles. The van der Waals surface area contributed by atoms with Gasteiger partial charge in [-0.3, -0.25) is 0 Å². The quantitative estimate of drug-likeness (QED) is 0.767. The maximum absolute atomic E-state index is 5.94. The fraction of sp³-hybridized carbons (Fsp3) is 0.800. The number of nitrogens with zero attached hydrogens (tertiary/aromatic N) is 1. The zero-order valence-electron chi connectivity index (χ0n) is 10.7. The van der Waals surface area contributed by atoms with Crippen LogP contribution in [0, 0.1) is 23.2 Å². The molecule has 98 valence electrons. The van der Waals surface area contributed by atoms with E-state index in [0.717, 1.165) is 35.6 Å². The van der Waals surface area contributed by atoms with Crippen molar-refractivity contribution in [3.05, 3.63) is 17.8 Å². The minimum Gasteiger partial charge on any atom is -0.448 e. The molecule has 0 aromatic carbocycles. The molecule has 0 atom stereocenters. The van der Waals surface area contributed by atoms with Crippen LogP contribution in [0.3, 0.4) is 0 Å². The van der Waals surface area contributed by atoms with Crippen molar-refractivity contribution in [2.75, 3.05) is 0 Å². The van der Waals surface area contributed by atoms with Crippen LogP contribution in [0.2, 0.25) is 0 Å². The average molecular weight is 266 g/mol. The summed E-state index contributed by atoms with van der Waals surface area (Å²) in [5.74, 6) is 4.54. The Morgan fingerprint density at radius 1 is 1.17 bits per heavy atom. The van der Waals surface area contributed by atoms with Crippen LogP contribution in [-0.2, 0) is 12.3 Å². The highest BCUT2D eigenvalue weighted by Gasteiger charge is 2.51. The zero-order valence-corrected chi connectivity index (χ0v) is 11.5. The fourth-order valence-electron chi connectivity index (χ4n) is 5.39. The SMILES string of the molecule is ClCc1ncoc1CC12CC3CC(CC(C3)C1)C2. The third kappa shape index (κ3) is 1.72. The van der Waals surface area contributed by atoms with E-state index in [0.29, 0.717) is 11.3 Å². The first-order valence-corrected chi connectivity index (χ1v) is 7.77. The van der Waals surface area contributed by atoms with Gasteiger partial charge in [0.25, 0.3) is 0 Å². The summed E-state index contributed by atoms with van der Waals surface area (Å²) in [6.45, 7) is 0. The first-order chi connectivity index (χ1) is 8.76. The summed E-state index contributed by atoms with van der Waals surface area (Å²) >= 11 is 5.94. The number of halogens is 1. The highest BCUT2D eigenvalue weighted by molar-refractivity contribution is 6.16. The van der Waals surface area contributed by atoms with Crippen molar-refractivity contribution < 1.29 is 4.42 Å². The van der Waals surface area contributed by atoms with E-state index in [1.807, 2.05) is 0 Å². The molecular formula is C15H20ClNO. The number of hydrogen-bond acceptors (Lipinski definition) is 2. The van der Waals surface area contributed by atoms with E-state index >= 15 is 0 Å². The Bertz CT molecular complexity index is 418. The van der Waals surface area contributed by atoms with Crippen LogP contribution in [0.25, 0.3) is 0 Å². The van der Waals surface area contributed by atoms with E-state index in [1.165, 1.54) is 38.5 Å². The van der Waals surface area contributed by atoms with Gasteiger partial charge in [-0.2, -0.15) is 0 Å². The number of alkyl halides is 1. The van der Waals surface area contributed by atoms with Gasteiger partial charge in [-0.25, -0.2) is 4.98 Å². The van der Waals surface area contributed by atoms with E-state index in [-0.39, 0.29) is 0 Å². The van der Waals surface area contributed by atoms with E-state index < -0.39 is 0 Å². The van der Waals surface area contributed by atoms with Gasteiger partial charge in [-0.1, -0.05) is 0 Å². The summed E-state index contributed by atoms with van der Waals surface area (Å²) in [5.41, 5.74) is 1.49. The van der Waals surface area contributed by atoms with Crippen LogP contribution in [-0.4, -0.2) is 4.98 Å². The largest absolute Gasteiger partial charge is 0.448 e. The molecule has 0 radical (unpaired) electrons. The number of oxazole rings is 1. The molecule has 2 nitrogen and oxygen atoms in total. The summed E-state index contributed by atoms with van der Waals surface area (Å²) < 4.78 is 5.60. The van der Waals surface area contributed by atoms with Crippen molar-refractivity contribution in [2.24, 2.45) is 23.2 Å². The van der Waals surface area contributed by atoms with Gasteiger partial charge in [-0.05, 0) is 61.7 Å². The van der Waals surface area contributed by atoms with Gasteiger partial charge in [0.2, 0.25) is 0 Å². The summed E-state index contributed by atoms with van der Waals surface area (Å²) in [7, 11) is 0. The van der Waals surface area contributed by atoms with Gasteiger partial charge in [0, 0.05) is 6.42 Å². The Kier molecular flexibility index (Phi) is 2.52. The third-order valence-electron chi connectivity index (χ3n) is 5.55. The second kappa shape index (κ2) is 4.00. The Hall–Kier alpha value is -0.500. The van der Waals surface area contributed by atoms with Crippen LogP contribution in [0.4, 0.5) is 0 Å². The van der Waals surface area contributed by atoms with Crippen molar-refractivity contribution in [3.63, 3.8) is 0 Å². The number of aromatic nitrogens is 1. The molecule has 3 heteroatoms. The molecule has 18 heavy (non-hydrogen) atoms. The summed E-state index contributed by atoms with van der Waals surface area (Å²) in [6.07, 6.45) is 11.4. The Balaban J connectivity index is 1.61. The van der Waals surface area contributed by atoms with E-state index in [9.17, 15) is 0 Å². The van der Waals surface area contributed by atoms with Crippen molar-refractivity contribution in [1.82, 2.24) is 4.98 Å². The summed E-state index contributed by atoms with van der Waals surface area (Å²) in [5, 5.41) is 0. The molecule has 0 saturated heterocycles. The van der Waals surface area contributed by atoms with Crippen molar-refractivity contribution in [3.8, 4) is 0 Å². The van der Waals surface area contributed by atoms with Crippen LogP contribution in [0.1, 0.15) is 50.0 Å². The molecule has 4 fully saturated rings. The molecule has 0 aliphatic heterocycles. The lowest BCUT2D eigenvalue weighted by Gasteiger charge is -2.56. The van der Waals surface area contributed by atoms with E-state index in [2.05, 4.69) is 4.98 Å². The molecule has 4 bridgehead atoms. The normalized spacial score (nSPS) is 41.5. The van der Waals surface area contributed by atoms with Crippen LogP contribution < -0.4 is 0 Å². The Morgan fingerprint density at radius 2 is 1.78 bits per heavy atom. The van der Waals surface area contributed by atoms with Gasteiger partial charge in [0.15, 0.2) is 6.39 Å². The second-order valence-corrected chi connectivity index (χ2v) is 7.22. The van der Waals surface area contributed by atoms with Gasteiger partial charge < -0.3 is 4.42 Å². The standard InChI is InChI=1S/C15H20ClNO/c16-8-13-14(18-9-17-13)7-15-4-10-1-11(5-15)3-12(2-10)6-15/h9-12H,1-8H2. The minimum absolute atomic E-state index is 0.484. The maximum atomic E-state index is 5.94. The van der Waals surface area contributed by atoms with Gasteiger partial charge >= 0.3 is 0 Å². The van der Waals surface area contributed by atoms with Gasteiger partial charge in [0.05, 0.1) is 11.6 Å². The topological polar surface area (TPSA) is 26.0 Å². The zero-order chi connectivity index (χ0) is 12.2. The fourth-order valence-corrected chi connectivity index (χ4v) is 5.61. The predicted molar refractivity (Wildman–Crippen MR) is 70.4 cm³/mol. The maximum Gasteiger partial charge on any atom is 0.181 e. The lowest BCUT2D eigenvalue weighted by molar-refractivity contribution is -0.0545. The van der Waals surface area contributed by atoms with Crippen molar-refractivity contribution >= 4 is 11.6 Å². The lowest BCUT2D eigenvalue weighted by Crippen LogP contribution is -2.47. The molecule has 4 saturated carbocycles. The molecule has 4 aliphatic rings. The summed E-state index contributed by atoms with van der Waals surface area (Å²) in [4.78, 5) is 4.23. The smallest absolute Gasteiger partial charge is 0.181 e. The van der Waals surface area contributed by atoms with Crippen molar-refractivity contribution in [2.45, 2.75) is 50.8 Å². The Morgan fingerprint density at radius 3 is 2.33 bits per heavy atom. The minimum atomic E-state index is 0.484. The first kappa shape index (κ1) is 11.3. The monoisotopic (exact) mass is 265 g/mol. The lowest BCUT2D eigenvalue weighted by atomic mass is 9.48. The highest BCUT2D eigenvalue weighted by Crippen LogP contribution is 2.61. The van der Waals surface area contributed by atoms with Crippen LogP contribution in [0.5, 0.6) is 0 Å². The Labute approximate surface area is 113 Å². The molecular weight excluding hydrogens is 246 g/mol. The van der Waals surface area contributed by atoms with Gasteiger partial charge in [-0.15, -0.1) is 11.6 Å². The predicted octanol–water partition coefficient (Wildman–Crippen LogP) is 4.17. The van der Waals surface area contributed by atoms with Gasteiger partial charge in [0.1, 0.15) is 5.76 Å². The molecule has 0 unspecified atom stereocenters. The number of rotatable bonds is 3. The van der Waals surface area contributed by atoms with E-state index in [4.69, 9.17) is 16.0 Å². The second-order valence-electron chi connectivity index (χ2n) is 6.95. The highest BCUT2D eigenvalue weighted by atomic mass is 35.5. The molecule has 0 amide bonds. The molecule has 1 aromatic heterocycles. The average Bonchev–Trinajstić information content (AvgIpc) is 2.73. The first-order valence-electron chi connectivity index (χ1n) is 7.23. The molecule has 1 heterocycles. The van der Waals surface area contributed by atoms with E-state index in [1.54, 1.807) is 6.39 Å².